The highest BCUT2D eigenvalue weighted by Gasteiger charge is 2.36. The van der Waals surface area contributed by atoms with Crippen LogP contribution in [0.15, 0.2) is 24.3 Å². The molecule has 2 fully saturated rings. The van der Waals surface area contributed by atoms with Crippen LogP contribution in [0.5, 0.6) is 0 Å². The van der Waals surface area contributed by atoms with Gasteiger partial charge in [0.15, 0.2) is 0 Å². The molecular formula is C31H47Cl2N3O. The molecule has 37 heavy (non-hydrogen) atoms. The van der Waals surface area contributed by atoms with Gasteiger partial charge in [-0.05, 0) is 63.0 Å². The lowest BCUT2D eigenvalue weighted by atomic mass is 9.85. The Labute approximate surface area is 237 Å². The van der Waals surface area contributed by atoms with Crippen LogP contribution in [-0.2, 0) is 13.0 Å². The van der Waals surface area contributed by atoms with Crippen LogP contribution in [0.2, 0.25) is 0 Å². The summed E-state index contributed by atoms with van der Waals surface area (Å²) in [6, 6.07) is 9.29. The van der Waals surface area contributed by atoms with Gasteiger partial charge in [-0.25, -0.2) is 0 Å². The third kappa shape index (κ3) is 7.28. The van der Waals surface area contributed by atoms with Crippen LogP contribution >= 0.6 is 24.8 Å². The van der Waals surface area contributed by atoms with Gasteiger partial charge < -0.3 is 10.6 Å². The molecule has 4 rings (SSSR count). The lowest BCUT2D eigenvalue weighted by Crippen LogP contribution is -2.49. The van der Waals surface area contributed by atoms with E-state index in [1.54, 1.807) is 0 Å². The van der Waals surface area contributed by atoms with E-state index in [4.69, 9.17) is 10.7 Å². The predicted molar refractivity (Wildman–Crippen MR) is 160 cm³/mol. The minimum absolute atomic E-state index is 0. The van der Waals surface area contributed by atoms with Crippen molar-refractivity contribution in [1.82, 2.24) is 9.88 Å². The van der Waals surface area contributed by atoms with Gasteiger partial charge in [0, 0.05) is 29.9 Å². The summed E-state index contributed by atoms with van der Waals surface area (Å²) in [5, 5.41) is 0. The van der Waals surface area contributed by atoms with Crippen LogP contribution in [0.4, 0.5) is 0 Å². The molecule has 0 atom stereocenters. The molecule has 0 radical (unpaired) electrons. The van der Waals surface area contributed by atoms with E-state index in [1.165, 1.54) is 44.1 Å². The Hall–Kier alpha value is -1.62. The van der Waals surface area contributed by atoms with Gasteiger partial charge in [0.2, 0.25) is 0 Å². The fourth-order valence-corrected chi connectivity index (χ4v) is 6.36. The summed E-state index contributed by atoms with van der Waals surface area (Å²) in [5.74, 6) is 0.663. The van der Waals surface area contributed by atoms with Crippen LogP contribution in [0.3, 0.4) is 0 Å². The summed E-state index contributed by atoms with van der Waals surface area (Å²) in [4.78, 5) is 22.0. The van der Waals surface area contributed by atoms with E-state index in [0.717, 1.165) is 65.7 Å². The van der Waals surface area contributed by atoms with Crippen molar-refractivity contribution < 1.29 is 4.79 Å². The number of benzene rings is 1. The summed E-state index contributed by atoms with van der Waals surface area (Å²) >= 11 is 0. The first-order chi connectivity index (χ1) is 16.9. The molecule has 206 valence electrons. The summed E-state index contributed by atoms with van der Waals surface area (Å²) in [7, 11) is 0. The highest BCUT2D eigenvalue weighted by molar-refractivity contribution is 6.03. The standard InChI is InChI=1S/C31H45N3O.2ClH/c1-21(2)19-28-27(20-32)30(24-17-15-22(3)16-18-24)29(23(4)33-28)31(35)34(25-11-7-5-8-12-25)26-13-9-6-10-14-26;;/h15-18,21,25-26H,5-14,19-20,32H2,1-4H3;2*1H. The third-order valence-corrected chi connectivity index (χ3v) is 8.10. The monoisotopic (exact) mass is 547 g/mol. The van der Waals surface area contributed by atoms with Crippen LogP contribution in [0.25, 0.3) is 11.1 Å². The van der Waals surface area contributed by atoms with E-state index in [2.05, 4.69) is 49.9 Å². The van der Waals surface area contributed by atoms with Crippen molar-refractivity contribution in [1.29, 1.82) is 0 Å². The topological polar surface area (TPSA) is 59.2 Å². The molecule has 0 aliphatic heterocycles. The molecule has 2 aliphatic carbocycles. The Bertz CT molecular complexity index is 992. The van der Waals surface area contributed by atoms with Crippen LogP contribution < -0.4 is 5.73 Å². The number of aromatic nitrogens is 1. The number of rotatable bonds is 7. The highest BCUT2D eigenvalue weighted by Crippen LogP contribution is 2.37. The Morgan fingerprint density at radius 1 is 0.919 bits per heavy atom. The molecule has 0 unspecified atom stereocenters. The molecule has 1 aromatic heterocycles. The SMILES string of the molecule is Cc1ccc(-c2c(CN)c(CC(C)C)nc(C)c2C(=O)N(C2CCCCC2)C2CCCCC2)cc1.Cl.Cl. The number of amides is 1. The van der Waals surface area contributed by atoms with Gasteiger partial charge in [-0.2, -0.15) is 0 Å². The molecule has 1 amide bonds. The first-order valence-electron chi connectivity index (χ1n) is 14.0. The van der Waals surface area contributed by atoms with Crippen molar-refractivity contribution >= 4 is 30.7 Å². The van der Waals surface area contributed by atoms with Gasteiger partial charge in [-0.1, -0.05) is 82.2 Å². The number of carbonyl (C=O) groups excluding carboxylic acids is 1. The minimum atomic E-state index is 0. The predicted octanol–water partition coefficient (Wildman–Crippen LogP) is 7.97. The van der Waals surface area contributed by atoms with Gasteiger partial charge in [0.05, 0.1) is 11.3 Å². The number of nitrogens with zero attached hydrogens (tertiary/aromatic N) is 2. The minimum Gasteiger partial charge on any atom is -0.333 e. The maximum Gasteiger partial charge on any atom is 0.256 e. The molecule has 1 aromatic carbocycles. The van der Waals surface area contributed by atoms with E-state index in [0.29, 0.717) is 24.5 Å². The lowest BCUT2D eigenvalue weighted by Gasteiger charge is -2.42. The molecular weight excluding hydrogens is 501 g/mol. The molecule has 2 N–H and O–H groups in total. The molecule has 1 heterocycles. The zero-order chi connectivity index (χ0) is 24.9. The average Bonchev–Trinajstić information content (AvgIpc) is 2.85. The number of pyridine rings is 1. The number of aryl methyl sites for hydroxylation is 2. The normalized spacial score (nSPS) is 16.7. The fourth-order valence-electron chi connectivity index (χ4n) is 6.36. The molecule has 0 bridgehead atoms. The fraction of sp³-hybridized carbons (Fsp3) is 0.613. The average molecular weight is 549 g/mol. The van der Waals surface area contributed by atoms with Crippen molar-refractivity contribution in [2.45, 2.75) is 117 Å². The second-order valence-electron chi connectivity index (χ2n) is 11.3. The van der Waals surface area contributed by atoms with E-state index in [1.807, 2.05) is 6.92 Å². The van der Waals surface area contributed by atoms with E-state index in [-0.39, 0.29) is 30.7 Å². The highest BCUT2D eigenvalue weighted by atomic mass is 35.5. The Kier molecular flexibility index (Phi) is 12.4. The second kappa shape index (κ2) is 14.5. The molecule has 4 nitrogen and oxygen atoms in total. The van der Waals surface area contributed by atoms with E-state index < -0.39 is 0 Å². The van der Waals surface area contributed by atoms with Crippen molar-refractivity contribution in [3.05, 3.63) is 52.3 Å². The molecule has 0 saturated heterocycles. The quantitative estimate of drug-likeness (QED) is 0.382. The molecule has 2 saturated carbocycles. The first-order valence-corrected chi connectivity index (χ1v) is 14.0. The second-order valence-corrected chi connectivity index (χ2v) is 11.3. The van der Waals surface area contributed by atoms with Crippen LogP contribution in [0.1, 0.15) is 111 Å². The molecule has 6 heteroatoms. The number of nitrogens with two attached hydrogens (primary N) is 1. The summed E-state index contributed by atoms with van der Waals surface area (Å²) in [6.45, 7) is 8.97. The molecule has 2 aromatic rings. The lowest BCUT2D eigenvalue weighted by molar-refractivity contribution is 0.0448. The van der Waals surface area contributed by atoms with E-state index >= 15 is 0 Å². The third-order valence-electron chi connectivity index (χ3n) is 8.10. The van der Waals surface area contributed by atoms with Crippen molar-refractivity contribution in [2.75, 3.05) is 0 Å². The number of carbonyl (C=O) groups is 1. The Morgan fingerprint density at radius 3 is 1.89 bits per heavy atom. The summed E-state index contributed by atoms with van der Waals surface area (Å²) in [6.07, 6.45) is 12.9. The van der Waals surface area contributed by atoms with Gasteiger partial charge in [-0.3, -0.25) is 9.78 Å². The Balaban J connectivity index is 0.00000241. The van der Waals surface area contributed by atoms with Crippen LogP contribution in [0, 0.1) is 19.8 Å². The van der Waals surface area contributed by atoms with Gasteiger partial charge >= 0.3 is 0 Å². The van der Waals surface area contributed by atoms with Gasteiger partial charge in [0.25, 0.3) is 5.91 Å². The van der Waals surface area contributed by atoms with Crippen molar-refractivity contribution in [2.24, 2.45) is 11.7 Å². The zero-order valence-electron chi connectivity index (χ0n) is 23.2. The molecule has 2 aliphatic rings. The first kappa shape index (κ1) is 31.6. The van der Waals surface area contributed by atoms with E-state index in [9.17, 15) is 4.79 Å². The Morgan fingerprint density at radius 2 is 1.43 bits per heavy atom. The zero-order valence-corrected chi connectivity index (χ0v) is 24.9. The summed E-state index contributed by atoms with van der Waals surface area (Å²) in [5.41, 5.74) is 13.5. The molecule has 0 spiro atoms. The number of hydrogen-bond donors (Lipinski definition) is 1. The van der Waals surface area contributed by atoms with Crippen molar-refractivity contribution in [3.63, 3.8) is 0 Å². The number of hydrogen-bond acceptors (Lipinski definition) is 3. The smallest absolute Gasteiger partial charge is 0.256 e. The maximum atomic E-state index is 14.7. The largest absolute Gasteiger partial charge is 0.333 e. The number of halogens is 2. The van der Waals surface area contributed by atoms with Crippen molar-refractivity contribution in [3.8, 4) is 11.1 Å². The van der Waals surface area contributed by atoms with Crippen LogP contribution in [-0.4, -0.2) is 27.9 Å². The van der Waals surface area contributed by atoms with Gasteiger partial charge in [-0.15, -0.1) is 24.8 Å². The summed E-state index contributed by atoms with van der Waals surface area (Å²) < 4.78 is 0. The van der Waals surface area contributed by atoms with Gasteiger partial charge in [0.1, 0.15) is 0 Å². The maximum absolute atomic E-state index is 14.7.